The van der Waals surface area contributed by atoms with E-state index < -0.39 is 5.60 Å². The average Bonchev–Trinajstić information content (AvgIpc) is 2.34. The number of halogens is 2. The van der Waals surface area contributed by atoms with Crippen LogP contribution in [0, 0.1) is 5.82 Å². The van der Waals surface area contributed by atoms with Crippen LogP contribution in [-0.4, -0.2) is 28.8 Å². The van der Waals surface area contributed by atoms with Gasteiger partial charge in [0.25, 0.3) is 0 Å². The molecule has 100 valence electrons. The van der Waals surface area contributed by atoms with Crippen molar-refractivity contribution >= 4 is 27.7 Å². The number of hydrogen-bond acceptors (Lipinski definition) is 3. The normalized spacial score (nSPS) is 18.8. The second-order valence-electron chi connectivity index (χ2n) is 4.69. The van der Waals surface area contributed by atoms with Crippen LogP contribution in [0.15, 0.2) is 22.7 Å². The standard InChI is InChI=1S/C13H17BrFNOS/c14-11-7-10(1-2-12(11)15)8-16-9-13(17)3-5-18-6-4-13/h1-2,7,16-17H,3-6,8-9H2. The zero-order valence-corrected chi connectivity index (χ0v) is 12.5. The third-order valence-electron chi connectivity index (χ3n) is 3.19. The molecule has 0 aliphatic carbocycles. The van der Waals surface area contributed by atoms with Crippen LogP contribution >= 0.6 is 27.7 Å². The van der Waals surface area contributed by atoms with Gasteiger partial charge in [-0.3, -0.25) is 0 Å². The van der Waals surface area contributed by atoms with Crippen molar-refractivity contribution in [2.45, 2.75) is 25.0 Å². The zero-order chi connectivity index (χ0) is 13.0. The molecule has 1 heterocycles. The summed E-state index contributed by atoms with van der Waals surface area (Å²) in [6, 6.07) is 4.98. The van der Waals surface area contributed by atoms with Gasteiger partial charge in [0, 0.05) is 13.1 Å². The van der Waals surface area contributed by atoms with Gasteiger partial charge in [0.15, 0.2) is 0 Å². The molecule has 2 rings (SSSR count). The van der Waals surface area contributed by atoms with Gasteiger partial charge in [-0.25, -0.2) is 4.39 Å². The maximum absolute atomic E-state index is 13.1. The molecule has 5 heteroatoms. The van der Waals surface area contributed by atoms with Crippen molar-refractivity contribution < 1.29 is 9.50 Å². The Labute approximate surface area is 119 Å². The molecular weight excluding hydrogens is 317 g/mol. The van der Waals surface area contributed by atoms with Gasteiger partial charge in [0.05, 0.1) is 10.1 Å². The van der Waals surface area contributed by atoms with E-state index in [-0.39, 0.29) is 5.82 Å². The Kier molecular flexibility index (Phi) is 5.06. The summed E-state index contributed by atoms with van der Waals surface area (Å²) in [6.45, 7) is 1.25. The maximum atomic E-state index is 13.1. The van der Waals surface area contributed by atoms with Crippen LogP contribution in [0.1, 0.15) is 18.4 Å². The van der Waals surface area contributed by atoms with E-state index in [1.807, 2.05) is 11.8 Å². The molecule has 0 amide bonds. The van der Waals surface area contributed by atoms with Gasteiger partial charge in [-0.15, -0.1) is 0 Å². The first-order valence-corrected chi connectivity index (χ1v) is 7.99. The molecule has 0 spiro atoms. The van der Waals surface area contributed by atoms with Crippen molar-refractivity contribution in [1.82, 2.24) is 5.32 Å². The van der Waals surface area contributed by atoms with Gasteiger partial charge in [-0.1, -0.05) is 6.07 Å². The molecule has 1 aromatic carbocycles. The van der Waals surface area contributed by atoms with Crippen LogP contribution in [-0.2, 0) is 6.54 Å². The van der Waals surface area contributed by atoms with Gasteiger partial charge in [-0.2, -0.15) is 11.8 Å². The van der Waals surface area contributed by atoms with Crippen LogP contribution < -0.4 is 5.32 Å². The number of benzene rings is 1. The minimum Gasteiger partial charge on any atom is -0.389 e. The predicted octanol–water partition coefficient (Wildman–Crippen LogP) is 2.94. The van der Waals surface area contributed by atoms with Crippen molar-refractivity contribution in [2.75, 3.05) is 18.1 Å². The quantitative estimate of drug-likeness (QED) is 0.888. The van der Waals surface area contributed by atoms with E-state index in [2.05, 4.69) is 21.2 Å². The molecule has 1 aliphatic rings. The Hall–Kier alpha value is -0.100. The number of thioether (sulfide) groups is 1. The summed E-state index contributed by atoms with van der Waals surface area (Å²) in [5.41, 5.74) is 0.444. The van der Waals surface area contributed by atoms with E-state index in [1.165, 1.54) is 6.07 Å². The first-order valence-electron chi connectivity index (χ1n) is 6.04. The molecule has 1 fully saturated rings. The SMILES string of the molecule is OC1(CNCc2ccc(F)c(Br)c2)CCSCC1. The highest BCUT2D eigenvalue weighted by molar-refractivity contribution is 9.10. The van der Waals surface area contributed by atoms with E-state index in [0.717, 1.165) is 29.9 Å². The summed E-state index contributed by atoms with van der Waals surface area (Å²) in [4.78, 5) is 0. The van der Waals surface area contributed by atoms with E-state index in [0.29, 0.717) is 17.6 Å². The average molecular weight is 334 g/mol. The van der Waals surface area contributed by atoms with E-state index in [4.69, 9.17) is 0 Å². The largest absolute Gasteiger partial charge is 0.389 e. The first kappa shape index (κ1) is 14.3. The second kappa shape index (κ2) is 6.37. The molecule has 2 N–H and O–H groups in total. The Balaban J connectivity index is 1.82. The van der Waals surface area contributed by atoms with Gasteiger partial charge in [0.1, 0.15) is 5.82 Å². The molecule has 0 unspecified atom stereocenters. The predicted molar refractivity (Wildman–Crippen MR) is 77.3 cm³/mol. The maximum Gasteiger partial charge on any atom is 0.137 e. The molecule has 0 bridgehead atoms. The van der Waals surface area contributed by atoms with Crippen LogP contribution in [0.5, 0.6) is 0 Å². The second-order valence-corrected chi connectivity index (χ2v) is 6.77. The van der Waals surface area contributed by atoms with Crippen LogP contribution in [0.3, 0.4) is 0 Å². The molecule has 0 radical (unpaired) electrons. The van der Waals surface area contributed by atoms with Gasteiger partial charge in [-0.05, 0) is 58.0 Å². The number of aliphatic hydroxyl groups is 1. The number of nitrogens with one attached hydrogen (secondary N) is 1. The molecule has 1 aromatic rings. The van der Waals surface area contributed by atoms with E-state index >= 15 is 0 Å². The number of hydrogen-bond donors (Lipinski definition) is 2. The molecular formula is C13H17BrFNOS. The monoisotopic (exact) mass is 333 g/mol. The molecule has 1 saturated heterocycles. The summed E-state index contributed by atoms with van der Waals surface area (Å²) >= 11 is 5.07. The fourth-order valence-corrected chi connectivity index (χ4v) is 3.70. The lowest BCUT2D eigenvalue weighted by Gasteiger charge is -2.32. The smallest absolute Gasteiger partial charge is 0.137 e. The summed E-state index contributed by atoms with van der Waals surface area (Å²) in [7, 11) is 0. The lowest BCUT2D eigenvalue weighted by atomic mass is 9.97. The Morgan fingerprint density at radius 1 is 1.39 bits per heavy atom. The highest BCUT2D eigenvalue weighted by Gasteiger charge is 2.28. The van der Waals surface area contributed by atoms with Gasteiger partial charge >= 0.3 is 0 Å². The van der Waals surface area contributed by atoms with Crippen molar-refractivity contribution in [1.29, 1.82) is 0 Å². The minimum atomic E-state index is -0.567. The topological polar surface area (TPSA) is 32.3 Å². The zero-order valence-electron chi connectivity index (χ0n) is 10.1. The van der Waals surface area contributed by atoms with Crippen LogP contribution in [0.25, 0.3) is 0 Å². The lowest BCUT2D eigenvalue weighted by molar-refractivity contribution is 0.0320. The molecule has 0 aromatic heterocycles. The van der Waals surface area contributed by atoms with Crippen LogP contribution in [0.2, 0.25) is 0 Å². The number of rotatable bonds is 4. The Morgan fingerprint density at radius 2 is 2.11 bits per heavy atom. The molecule has 2 nitrogen and oxygen atoms in total. The third kappa shape index (κ3) is 3.95. The minimum absolute atomic E-state index is 0.248. The highest BCUT2D eigenvalue weighted by Crippen LogP contribution is 2.26. The fourth-order valence-electron chi connectivity index (χ4n) is 2.02. The molecule has 0 saturated carbocycles. The molecule has 1 aliphatic heterocycles. The van der Waals surface area contributed by atoms with Crippen molar-refractivity contribution in [3.8, 4) is 0 Å². The van der Waals surface area contributed by atoms with Crippen LogP contribution in [0.4, 0.5) is 4.39 Å². The third-order valence-corrected chi connectivity index (χ3v) is 4.78. The van der Waals surface area contributed by atoms with Crippen molar-refractivity contribution in [2.24, 2.45) is 0 Å². The Bertz CT molecular complexity index is 410. The highest BCUT2D eigenvalue weighted by atomic mass is 79.9. The van der Waals surface area contributed by atoms with E-state index in [9.17, 15) is 9.50 Å². The lowest BCUT2D eigenvalue weighted by Crippen LogP contribution is -2.43. The van der Waals surface area contributed by atoms with Gasteiger partial charge in [0.2, 0.25) is 0 Å². The molecule has 0 atom stereocenters. The van der Waals surface area contributed by atoms with Crippen molar-refractivity contribution in [3.05, 3.63) is 34.1 Å². The van der Waals surface area contributed by atoms with Crippen molar-refractivity contribution in [3.63, 3.8) is 0 Å². The summed E-state index contributed by atoms with van der Waals surface area (Å²) in [5, 5.41) is 13.6. The van der Waals surface area contributed by atoms with Gasteiger partial charge < -0.3 is 10.4 Å². The summed E-state index contributed by atoms with van der Waals surface area (Å²) in [6.07, 6.45) is 1.69. The first-order chi connectivity index (χ1) is 8.59. The molecule has 18 heavy (non-hydrogen) atoms. The fraction of sp³-hybridized carbons (Fsp3) is 0.538. The summed E-state index contributed by atoms with van der Waals surface area (Å²) in [5.74, 6) is 1.81. The summed E-state index contributed by atoms with van der Waals surface area (Å²) < 4.78 is 13.5. The Morgan fingerprint density at radius 3 is 2.78 bits per heavy atom. The van der Waals surface area contributed by atoms with E-state index in [1.54, 1.807) is 12.1 Å².